The smallest absolute Gasteiger partial charge is 0.338 e. The molecule has 0 saturated carbocycles. The molecule has 0 spiro atoms. The molecule has 0 radical (unpaired) electrons. The predicted molar refractivity (Wildman–Crippen MR) is 175 cm³/mol. The molecule has 0 aliphatic carbocycles. The quantitative estimate of drug-likeness (QED) is 0.185. The summed E-state index contributed by atoms with van der Waals surface area (Å²) in [5, 5.41) is 1.09. The van der Waals surface area contributed by atoms with Crippen LogP contribution in [0.2, 0.25) is 10.0 Å². The van der Waals surface area contributed by atoms with Gasteiger partial charge in [-0.1, -0.05) is 68.7 Å². The zero-order valence-corrected chi connectivity index (χ0v) is 28.1. The number of allylic oxidation sites excluding steroid dienone is 1. The first-order valence-electron chi connectivity index (χ1n) is 13.4. The maximum absolute atomic E-state index is 14.0. The topological polar surface area (TPSA) is 88.4 Å². The molecule has 2 heterocycles. The van der Waals surface area contributed by atoms with Crippen LogP contribution in [-0.2, 0) is 16.1 Å². The Hall–Kier alpha value is -3.57. The van der Waals surface area contributed by atoms with Gasteiger partial charge >= 0.3 is 5.97 Å². The number of carbonyl (C=O) groups is 1. The van der Waals surface area contributed by atoms with E-state index in [1.54, 1.807) is 44.2 Å². The van der Waals surface area contributed by atoms with Gasteiger partial charge < -0.3 is 18.9 Å². The minimum atomic E-state index is -0.822. The molecule has 1 aromatic heterocycles. The second-order valence-electron chi connectivity index (χ2n) is 9.62. The van der Waals surface area contributed by atoms with Gasteiger partial charge in [-0.25, -0.2) is 9.79 Å². The Morgan fingerprint density at radius 3 is 2.43 bits per heavy atom. The van der Waals surface area contributed by atoms with Crippen molar-refractivity contribution >= 4 is 62.5 Å². The van der Waals surface area contributed by atoms with Crippen LogP contribution in [0.15, 0.2) is 80.1 Å². The largest absolute Gasteiger partial charge is 0.493 e. The molecule has 5 rings (SSSR count). The molecule has 0 fully saturated rings. The summed E-state index contributed by atoms with van der Waals surface area (Å²) in [5.74, 6) is 1.04. The first kappa shape index (κ1) is 31.8. The van der Waals surface area contributed by atoms with E-state index in [-0.39, 0.29) is 24.3 Å². The average Bonchev–Trinajstić information content (AvgIpc) is 3.30. The third kappa shape index (κ3) is 6.44. The van der Waals surface area contributed by atoms with Crippen molar-refractivity contribution in [3.05, 3.63) is 117 Å². The second-order valence-corrected chi connectivity index (χ2v) is 12.3. The molecule has 1 aliphatic heterocycles. The summed E-state index contributed by atoms with van der Waals surface area (Å²) in [4.78, 5) is 32.4. The van der Waals surface area contributed by atoms with E-state index in [0.29, 0.717) is 52.4 Å². The van der Waals surface area contributed by atoms with Crippen molar-refractivity contribution in [1.29, 1.82) is 0 Å². The summed E-state index contributed by atoms with van der Waals surface area (Å²) < 4.78 is 24.9. The van der Waals surface area contributed by atoms with Gasteiger partial charge in [-0.3, -0.25) is 9.36 Å². The minimum absolute atomic E-state index is 0.173. The highest BCUT2D eigenvalue weighted by atomic mass is 79.9. The van der Waals surface area contributed by atoms with Crippen LogP contribution in [0.1, 0.15) is 36.6 Å². The molecule has 8 nitrogen and oxygen atoms in total. The van der Waals surface area contributed by atoms with E-state index in [9.17, 15) is 9.59 Å². The zero-order chi connectivity index (χ0) is 31.5. The molecule has 12 heteroatoms. The molecule has 0 amide bonds. The highest BCUT2D eigenvalue weighted by Crippen LogP contribution is 2.40. The Labute approximate surface area is 275 Å². The number of methoxy groups -OCH3 is 2. The normalized spacial score (nSPS) is 14.6. The maximum Gasteiger partial charge on any atom is 0.338 e. The van der Waals surface area contributed by atoms with Gasteiger partial charge in [0.1, 0.15) is 12.4 Å². The molecule has 0 saturated heterocycles. The molecule has 1 aliphatic rings. The van der Waals surface area contributed by atoms with Crippen LogP contribution in [-0.4, -0.2) is 31.4 Å². The summed E-state index contributed by atoms with van der Waals surface area (Å²) in [5.41, 5.74) is 2.65. The van der Waals surface area contributed by atoms with Crippen LogP contribution in [0.4, 0.5) is 0 Å². The lowest BCUT2D eigenvalue weighted by atomic mass is 9.95. The fourth-order valence-electron chi connectivity index (χ4n) is 4.78. The molecule has 44 heavy (non-hydrogen) atoms. The molecular formula is C32H27BrCl2N2O6S. The van der Waals surface area contributed by atoms with Crippen molar-refractivity contribution < 1.29 is 23.7 Å². The van der Waals surface area contributed by atoms with Crippen molar-refractivity contribution in [2.24, 2.45) is 4.99 Å². The Kier molecular flexibility index (Phi) is 9.84. The number of ether oxygens (including phenoxy) is 4. The zero-order valence-electron chi connectivity index (χ0n) is 24.2. The van der Waals surface area contributed by atoms with E-state index >= 15 is 0 Å². The number of carbonyl (C=O) groups excluding carboxylic acids is 1. The Morgan fingerprint density at radius 2 is 1.77 bits per heavy atom. The molecule has 1 atom stereocenters. The minimum Gasteiger partial charge on any atom is -0.493 e. The first-order valence-corrected chi connectivity index (χ1v) is 15.8. The summed E-state index contributed by atoms with van der Waals surface area (Å²) in [7, 11) is 3.06. The summed E-state index contributed by atoms with van der Waals surface area (Å²) in [6.07, 6.45) is 1.79. The van der Waals surface area contributed by atoms with Gasteiger partial charge in [0.15, 0.2) is 16.3 Å². The summed E-state index contributed by atoms with van der Waals surface area (Å²) in [6, 6.07) is 15.3. The third-order valence-corrected chi connectivity index (χ3v) is 9.16. The van der Waals surface area contributed by atoms with Crippen molar-refractivity contribution in [2.45, 2.75) is 26.5 Å². The number of thiazole rings is 1. The van der Waals surface area contributed by atoms with E-state index in [1.165, 1.54) is 30.1 Å². The number of halogens is 3. The van der Waals surface area contributed by atoms with E-state index in [4.69, 9.17) is 42.1 Å². The van der Waals surface area contributed by atoms with Crippen LogP contribution in [0.5, 0.6) is 17.2 Å². The number of esters is 1. The third-order valence-electron chi connectivity index (χ3n) is 6.90. The van der Waals surface area contributed by atoms with Crippen LogP contribution in [0.25, 0.3) is 6.08 Å². The predicted octanol–water partition coefficient (Wildman–Crippen LogP) is 6.46. The number of aromatic nitrogens is 1. The van der Waals surface area contributed by atoms with Gasteiger partial charge in [-0.2, -0.15) is 0 Å². The fourth-order valence-corrected chi connectivity index (χ4v) is 6.83. The Morgan fingerprint density at radius 1 is 1.07 bits per heavy atom. The van der Waals surface area contributed by atoms with Gasteiger partial charge in [0.25, 0.3) is 5.56 Å². The van der Waals surface area contributed by atoms with E-state index in [1.807, 2.05) is 30.3 Å². The molecule has 3 aromatic carbocycles. The van der Waals surface area contributed by atoms with Crippen LogP contribution in [0.3, 0.4) is 0 Å². The highest BCUT2D eigenvalue weighted by Gasteiger charge is 2.35. The Bertz CT molecular complexity index is 1950. The van der Waals surface area contributed by atoms with Gasteiger partial charge in [-0.15, -0.1) is 0 Å². The van der Waals surface area contributed by atoms with Crippen molar-refractivity contribution in [3.63, 3.8) is 0 Å². The highest BCUT2D eigenvalue weighted by molar-refractivity contribution is 9.10. The number of rotatable bonds is 9. The van der Waals surface area contributed by atoms with Crippen LogP contribution < -0.4 is 29.1 Å². The number of hydrogen-bond donors (Lipinski definition) is 0. The van der Waals surface area contributed by atoms with Crippen molar-refractivity contribution in [1.82, 2.24) is 4.57 Å². The lowest BCUT2D eigenvalue weighted by molar-refractivity contribution is -0.139. The van der Waals surface area contributed by atoms with Crippen molar-refractivity contribution in [3.8, 4) is 17.2 Å². The Balaban J connectivity index is 1.54. The number of benzene rings is 3. The van der Waals surface area contributed by atoms with Gasteiger partial charge in [0.2, 0.25) is 0 Å². The van der Waals surface area contributed by atoms with Crippen molar-refractivity contribution in [2.75, 3.05) is 20.8 Å². The van der Waals surface area contributed by atoms with E-state index in [0.717, 1.165) is 11.1 Å². The lowest BCUT2D eigenvalue weighted by Gasteiger charge is -2.26. The number of hydrogen-bond acceptors (Lipinski definition) is 8. The number of fused-ring (bicyclic) bond motifs is 1. The van der Waals surface area contributed by atoms with Crippen LogP contribution >= 0.6 is 50.5 Å². The first-order chi connectivity index (χ1) is 21.1. The van der Waals surface area contributed by atoms with E-state index in [2.05, 4.69) is 20.9 Å². The number of nitrogens with zero attached hydrogens (tertiary/aromatic N) is 2. The fraction of sp³-hybridized carbons (Fsp3) is 0.219. The molecule has 4 aromatic rings. The summed E-state index contributed by atoms with van der Waals surface area (Å²) >= 11 is 17.1. The standard InChI is InChI=1S/C32H27BrCl2N2O6S/c1-5-42-31(39)28-17(2)36-32-37(29(28)22-14-25(40-3)26(41-4)15-23(22)33)30(38)27(44-32)12-18-6-10-21(11-7-18)43-16-19-8-9-20(34)13-24(19)35/h6-15,29H,5,16H2,1-4H3/b27-12-/t29-/m0/s1. The molecule has 228 valence electrons. The van der Waals surface area contributed by atoms with E-state index < -0.39 is 12.0 Å². The van der Waals surface area contributed by atoms with Gasteiger partial charge in [-0.05, 0) is 67.4 Å². The molecule has 0 bridgehead atoms. The maximum atomic E-state index is 14.0. The SMILES string of the molecule is CCOC(=O)C1=C(C)N=c2s/c(=C\c3ccc(OCc4ccc(Cl)cc4Cl)cc3)c(=O)n2[C@H]1c1cc(OC)c(OC)cc1Br. The van der Waals surface area contributed by atoms with Gasteiger partial charge in [0.05, 0.1) is 42.7 Å². The molecular weight excluding hydrogens is 691 g/mol. The average molecular weight is 718 g/mol. The second kappa shape index (κ2) is 13.6. The molecule has 0 unspecified atom stereocenters. The monoisotopic (exact) mass is 716 g/mol. The van der Waals surface area contributed by atoms with Crippen LogP contribution in [0, 0.1) is 0 Å². The summed E-state index contributed by atoms with van der Waals surface area (Å²) in [6.45, 7) is 3.92. The van der Waals surface area contributed by atoms with Gasteiger partial charge in [0, 0.05) is 20.1 Å². The molecule has 0 N–H and O–H groups in total. The lowest BCUT2D eigenvalue weighted by Crippen LogP contribution is -2.40.